The molecule has 0 spiro atoms. The van der Waals surface area contributed by atoms with Crippen molar-refractivity contribution in [3.8, 4) is 0 Å². The second kappa shape index (κ2) is 7.63. The van der Waals surface area contributed by atoms with Gasteiger partial charge in [-0.25, -0.2) is 0 Å². The first kappa shape index (κ1) is 19.9. The third kappa shape index (κ3) is 4.33. The van der Waals surface area contributed by atoms with Gasteiger partial charge in [-0.1, -0.05) is 47.6 Å². The summed E-state index contributed by atoms with van der Waals surface area (Å²) in [6.45, 7) is 2.15. The van der Waals surface area contributed by atoms with Crippen LogP contribution >= 0.6 is 0 Å². The standard InChI is InChI=1S/C20H19F3N2O3/c1-13-5-2-3-7-15(13)10-18(26)24-12-14-6-4-8-16(9-14)17-11-19(27,28-25-17)20(21,22)23/h2-9,27H,10-12H2,1H3,(H,24,26). The van der Waals surface area contributed by atoms with Gasteiger partial charge >= 0.3 is 12.0 Å². The Labute approximate surface area is 159 Å². The second-order valence-corrected chi connectivity index (χ2v) is 6.67. The molecule has 2 N–H and O–H groups in total. The highest BCUT2D eigenvalue weighted by molar-refractivity contribution is 6.01. The van der Waals surface area contributed by atoms with Crippen LogP contribution in [0, 0.1) is 6.92 Å². The Hall–Kier alpha value is -2.87. The molecule has 28 heavy (non-hydrogen) atoms. The summed E-state index contributed by atoms with van der Waals surface area (Å²) < 4.78 is 38.5. The molecule has 0 aliphatic carbocycles. The molecule has 8 heteroatoms. The van der Waals surface area contributed by atoms with Crippen LogP contribution in [-0.4, -0.2) is 28.7 Å². The van der Waals surface area contributed by atoms with E-state index in [1.807, 2.05) is 31.2 Å². The Morgan fingerprint density at radius 2 is 2.00 bits per heavy atom. The molecule has 0 bridgehead atoms. The molecule has 3 rings (SSSR count). The average molecular weight is 392 g/mol. The number of amides is 1. The summed E-state index contributed by atoms with van der Waals surface area (Å²) in [7, 11) is 0. The fraction of sp³-hybridized carbons (Fsp3) is 0.300. The maximum atomic E-state index is 12.8. The van der Waals surface area contributed by atoms with Gasteiger partial charge in [0.25, 0.3) is 0 Å². The number of aliphatic hydroxyl groups is 1. The lowest BCUT2D eigenvalue weighted by molar-refractivity contribution is -0.355. The first-order chi connectivity index (χ1) is 13.2. The van der Waals surface area contributed by atoms with Gasteiger partial charge < -0.3 is 15.3 Å². The van der Waals surface area contributed by atoms with Crippen molar-refractivity contribution in [2.24, 2.45) is 5.16 Å². The van der Waals surface area contributed by atoms with Crippen LogP contribution in [-0.2, 0) is 22.6 Å². The average Bonchev–Trinajstić information content (AvgIpc) is 3.06. The molecule has 0 saturated heterocycles. The number of oxime groups is 1. The van der Waals surface area contributed by atoms with E-state index in [0.29, 0.717) is 11.1 Å². The predicted molar refractivity (Wildman–Crippen MR) is 96.4 cm³/mol. The number of rotatable bonds is 5. The van der Waals surface area contributed by atoms with Crippen LogP contribution in [0.3, 0.4) is 0 Å². The van der Waals surface area contributed by atoms with Gasteiger partial charge in [-0.2, -0.15) is 13.2 Å². The van der Waals surface area contributed by atoms with Crippen molar-refractivity contribution >= 4 is 11.6 Å². The van der Waals surface area contributed by atoms with E-state index in [-0.39, 0.29) is 24.6 Å². The van der Waals surface area contributed by atoms with E-state index in [4.69, 9.17) is 0 Å². The molecule has 1 amide bonds. The monoisotopic (exact) mass is 392 g/mol. The van der Waals surface area contributed by atoms with E-state index in [2.05, 4.69) is 15.3 Å². The fourth-order valence-corrected chi connectivity index (χ4v) is 2.83. The largest absolute Gasteiger partial charge is 0.458 e. The van der Waals surface area contributed by atoms with Crippen molar-refractivity contribution in [2.45, 2.75) is 38.3 Å². The number of hydrogen-bond donors (Lipinski definition) is 2. The maximum Gasteiger partial charge on any atom is 0.458 e. The summed E-state index contributed by atoms with van der Waals surface area (Å²) >= 11 is 0. The maximum absolute atomic E-state index is 12.8. The highest BCUT2D eigenvalue weighted by Crippen LogP contribution is 2.38. The minimum Gasteiger partial charge on any atom is -0.352 e. The van der Waals surface area contributed by atoms with Gasteiger partial charge in [0, 0.05) is 6.54 Å². The number of hydrogen-bond acceptors (Lipinski definition) is 4. The zero-order valence-corrected chi connectivity index (χ0v) is 15.1. The minimum absolute atomic E-state index is 0.00656. The van der Waals surface area contributed by atoms with E-state index in [1.54, 1.807) is 24.3 Å². The van der Waals surface area contributed by atoms with Crippen molar-refractivity contribution in [1.82, 2.24) is 5.32 Å². The van der Waals surface area contributed by atoms with Crippen LogP contribution in [0.15, 0.2) is 53.7 Å². The molecule has 2 aromatic rings. The van der Waals surface area contributed by atoms with E-state index in [9.17, 15) is 23.1 Å². The van der Waals surface area contributed by atoms with Crippen LogP contribution in [0.5, 0.6) is 0 Å². The molecule has 5 nitrogen and oxygen atoms in total. The lowest BCUT2D eigenvalue weighted by atomic mass is 10.0. The molecule has 1 unspecified atom stereocenters. The zero-order chi connectivity index (χ0) is 20.4. The van der Waals surface area contributed by atoms with Gasteiger partial charge in [0.05, 0.1) is 18.6 Å². The Morgan fingerprint density at radius 1 is 1.25 bits per heavy atom. The van der Waals surface area contributed by atoms with Gasteiger partial charge in [0.15, 0.2) is 0 Å². The molecule has 148 valence electrons. The van der Waals surface area contributed by atoms with Crippen LogP contribution in [0.1, 0.15) is 28.7 Å². The second-order valence-electron chi connectivity index (χ2n) is 6.67. The molecular formula is C20H19F3N2O3. The van der Waals surface area contributed by atoms with Crippen molar-refractivity contribution in [3.63, 3.8) is 0 Å². The van der Waals surface area contributed by atoms with Crippen LogP contribution in [0.4, 0.5) is 13.2 Å². The van der Waals surface area contributed by atoms with Gasteiger partial charge in [-0.15, -0.1) is 0 Å². The van der Waals surface area contributed by atoms with Crippen molar-refractivity contribution in [2.75, 3.05) is 0 Å². The summed E-state index contributed by atoms with van der Waals surface area (Å²) in [5.41, 5.74) is 3.04. The minimum atomic E-state index is -4.95. The number of carbonyl (C=O) groups is 1. The van der Waals surface area contributed by atoms with Crippen molar-refractivity contribution in [1.29, 1.82) is 0 Å². The van der Waals surface area contributed by atoms with E-state index < -0.39 is 18.4 Å². The molecule has 2 aromatic carbocycles. The lowest BCUT2D eigenvalue weighted by Gasteiger charge is -2.22. The summed E-state index contributed by atoms with van der Waals surface area (Å²) in [5, 5.41) is 15.7. The molecule has 1 heterocycles. The summed E-state index contributed by atoms with van der Waals surface area (Å²) in [5.74, 6) is -3.47. The van der Waals surface area contributed by atoms with Crippen LogP contribution in [0.2, 0.25) is 0 Å². The Morgan fingerprint density at radius 3 is 2.68 bits per heavy atom. The normalized spacial score (nSPS) is 19.1. The summed E-state index contributed by atoms with van der Waals surface area (Å²) in [6.07, 6.45) is -5.50. The molecule has 0 radical (unpaired) electrons. The summed E-state index contributed by atoms with van der Waals surface area (Å²) in [6, 6.07) is 14.1. The van der Waals surface area contributed by atoms with Crippen LogP contribution in [0.25, 0.3) is 0 Å². The third-order valence-electron chi connectivity index (χ3n) is 4.52. The van der Waals surface area contributed by atoms with E-state index >= 15 is 0 Å². The lowest BCUT2D eigenvalue weighted by Crippen LogP contribution is -2.45. The molecule has 1 atom stereocenters. The van der Waals surface area contributed by atoms with Gasteiger partial charge in [0.2, 0.25) is 5.91 Å². The summed E-state index contributed by atoms with van der Waals surface area (Å²) in [4.78, 5) is 16.4. The van der Waals surface area contributed by atoms with Gasteiger partial charge in [-0.05, 0) is 35.2 Å². The van der Waals surface area contributed by atoms with Gasteiger partial charge in [-0.3, -0.25) is 4.79 Å². The van der Waals surface area contributed by atoms with Crippen molar-refractivity contribution in [3.05, 3.63) is 70.8 Å². The van der Waals surface area contributed by atoms with Gasteiger partial charge in [0.1, 0.15) is 0 Å². The van der Waals surface area contributed by atoms with E-state index in [1.165, 1.54) is 0 Å². The molecule has 0 saturated carbocycles. The number of aryl methyl sites for hydroxylation is 1. The Bertz CT molecular complexity index is 912. The predicted octanol–water partition coefficient (Wildman–Crippen LogP) is 3.23. The Kier molecular flexibility index (Phi) is 5.42. The SMILES string of the molecule is Cc1ccccc1CC(=O)NCc1cccc(C2=NOC(O)(C(F)(F)F)C2)c1. The fourth-order valence-electron chi connectivity index (χ4n) is 2.83. The number of carbonyl (C=O) groups excluding carboxylic acids is 1. The smallest absolute Gasteiger partial charge is 0.352 e. The zero-order valence-electron chi connectivity index (χ0n) is 15.1. The van der Waals surface area contributed by atoms with E-state index in [0.717, 1.165) is 11.1 Å². The number of halogens is 3. The molecular weight excluding hydrogens is 373 g/mol. The first-order valence-corrected chi connectivity index (χ1v) is 8.63. The number of alkyl halides is 3. The number of nitrogens with one attached hydrogen (secondary N) is 1. The first-order valence-electron chi connectivity index (χ1n) is 8.63. The molecule has 1 aliphatic rings. The molecule has 1 aliphatic heterocycles. The van der Waals surface area contributed by atoms with Crippen LogP contribution < -0.4 is 5.32 Å². The van der Waals surface area contributed by atoms with Crippen molar-refractivity contribution < 1.29 is 27.9 Å². The topological polar surface area (TPSA) is 70.9 Å². The number of benzene rings is 2. The quantitative estimate of drug-likeness (QED) is 0.821. The third-order valence-corrected chi connectivity index (χ3v) is 4.52. The molecule has 0 aromatic heterocycles. The highest BCUT2D eigenvalue weighted by atomic mass is 19.4. The Balaban J connectivity index is 1.61. The molecule has 0 fully saturated rings. The highest BCUT2D eigenvalue weighted by Gasteiger charge is 2.60. The number of nitrogens with zero attached hydrogens (tertiary/aromatic N) is 1.